The lowest BCUT2D eigenvalue weighted by Gasteiger charge is -2.11. The lowest BCUT2D eigenvalue weighted by atomic mass is 10.2. The van der Waals surface area contributed by atoms with Gasteiger partial charge >= 0.3 is 5.97 Å². The van der Waals surface area contributed by atoms with Crippen molar-refractivity contribution in [3.63, 3.8) is 0 Å². The van der Waals surface area contributed by atoms with Crippen molar-refractivity contribution in [3.05, 3.63) is 17.6 Å². The first-order chi connectivity index (χ1) is 8.77. The minimum absolute atomic E-state index is 0.00549. The number of methoxy groups -OCH3 is 1. The minimum atomic E-state index is -3.78. The van der Waals surface area contributed by atoms with Crippen LogP contribution in [0.2, 0.25) is 0 Å². The fourth-order valence-corrected chi connectivity index (χ4v) is 2.85. The molecule has 1 atom stereocenters. The van der Waals surface area contributed by atoms with Gasteiger partial charge in [0.05, 0.1) is 0 Å². The molecule has 8 heteroatoms. The summed E-state index contributed by atoms with van der Waals surface area (Å²) in [5, 5.41) is 8.75. The van der Waals surface area contributed by atoms with Crippen molar-refractivity contribution in [1.82, 2.24) is 4.72 Å². The number of sulfonamides is 1. The molecular weight excluding hydrogens is 274 g/mol. The summed E-state index contributed by atoms with van der Waals surface area (Å²) in [5.74, 6) is -1.66. The number of aromatic carboxylic acids is 1. The maximum Gasteiger partial charge on any atom is 0.371 e. The summed E-state index contributed by atoms with van der Waals surface area (Å²) < 4.78 is 36.2. The van der Waals surface area contributed by atoms with E-state index in [1.54, 1.807) is 0 Å². The van der Waals surface area contributed by atoms with Gasteiger partial charge in [0.25, 0.3) is 0 Å². The van der Waals surface area contributed by atoms with Gasteiger partial charge in [-0.3, -0.25) is 0 Å². The molecule has 0 amide bonds. The van der Waals surface area contributed by atoms with Crippen LogP contribution in [0.1, 0.15) is 23.2 Å². The molecule has 0 aliphatic heterocycles. The topological polar surface area (TPSA) is 106 Å². The summed E-state index contributed by atoms with van der Waals surface area (Å²) in [6.45, 7) is 3.85. The Bertz CT molecular complexity index is 548. The van der Waals surface area contributed by atoms with Crippen LogP contribution >= 0.6 is 0 Å². The summed E-state index contributed by atoms with van der Waals surface area (Å²) in [7, 11) is -2.25. The number of aryl methyl sites for hydroxylation is 1. The molecule has 0 radical (unpaired) electrons. The molecule has 108 valence electrons. The molecule has 1 unspecified atom stereocenters. The first kappa shape index (κ1) is 15.7. The Labute approximate surface area is 111 Å². The summed E-state index contributed by atoms with van der Waals surface area (Å²) in [6, 6.07) is 1.00. The molecule has 1 aromatic heterocycles. The Hall–Kier alpha value is -1.38. The highest BCUT2D eigenvalue weighted by atomic mass is 32.2. The zero-order valence-corrected chi connectivity index (χ0v) is 11.8. The highest BCUT2D eigenvalue weighted by Gasteiger charge is 2.24. The van der Waals surface area contributed by atoms with Gasteiger partial charge in [0.15, 0.2) is 0 Å². The van der Waals surface area contributed by atoms with Gasteiger partial charge in [0.2, 0.25) is 15.8 Å². The largest absolute Gasteiger partial charge is 0.475 e. The Morgan fingerprint density at radius 3 is 2.68 bits per heavy atom. The van der Waals surface area contributed by atoms with Crippen molar-refractivity contribution >= 4 is 16.0 Å². The zero-order chi connectivity index (χ0) is 14.6. The fraction of sp³-hybridized carbons (Fsp3) is 0.545. The van der Waals surface area contributed by atoms with E-state index in [-0.39, 0.29) is 23.1 Å². The van der Waals surface area contributed by atoms with Crippen molar-refractivity contribution < 1.29 is 27.5 Å². The number of furan rings is 1. The number of carboxylic acids is 1. The van der Waals surface area contributed by atoms with Crippen molar-refractivity contribution in [2.45, 2.75) is 18.7 Å². The van der Waals surface area contributed by atoms with Gasteiger partial charge in [-0.05, 0) is 12.8 Å². The summed E-state index contributed by atoms with van der Waals surface area (Å²) in [6.07, 6.45) is 0. The Kier molecular flexibility index (Phi) is 5.10. The van der Waals surface area contributed by atoms with Crippen molar-refractivity contribution in [3.8, 4) is 0 Å². The quantitative estimate of drug-likeness (QED) is 0.771. The van der Waals surface area contributed by atoms with Crippen LogP contribution in [0, 0.1) is 12.8 Å². The standard InChI is InChI=1S/C11H17NO6S/c1-7(6-17-3)5-12-19(15,16)10-4-9(11(13)14)18-8(10)2/h4,7,12H,5-6H2,1-3H3,(H,13,14). The van der Waals surface area contributed by atoms with E-state index in [0.717, 1.165) is 6.07 Å². The van der Waals surface area contributed by atoms with Gasteiger partial charge in [-0.1, -0.05) is 6.92 Å². The van der Waals surface area contributed by atoms with E-state index in [2.05, 4.69) is 4.72 Å². The van der Waals surface area contributed by atoms with E-state index >= 15 is 0 Å². The molecule has 0 saturated heterocycles. The Morgan fingerprint density at radius 2 is 2.21 bits per heavy atom. The molecular formula is C11H17NO6S. The Morgan fingerprint density at radius 1 is 1.58 bits per heavy atom. The molecule has 0 saturated carbocycles. The van der Waals surface area contributed by atoms with Gasteiger partial charge in [-0.15, -0.1) is 0 Å². The molecule has 1 rings (SSSR count). The van der Waals surface area contributed by atoms with E-state index in [9.17, 15) is 13.2 Å². The number of nitrogens with one attached hydrogen (secondary N) is 1. The van der Waals surface area contributed by atoms with Crippen molar-refractivity contribution in [2.24, 2.45) is 5.92 Å². The SMILES string of the molecule is COCC(C)CNS(=O)(=O)c1cc(C(=O)O)oc1C. The van der Waals surface area contributed by atoms with Crippen LogP contribution in [-0.2, 0) is 14.8 Å². The van der Waals surface area contributed by atoms with E-state index < -0.39 is 21.8 Å². The molecule has 0 aromatic carbocycles. The van der Waals surface area contributed by atoms with Crippen LogP contribution in [0.3, 0.4) is 0 Å². The summed E-state index contributed by atoms with van der Waals surface area (Å²) in [4.78, 5) is 10.6. The monoisotopic (exact) mass is 291 g/mol. The second-order valence-electron chi connectivity index (χ2n) is 4.25. The highest BCUT2D eigenvalue weighted by Crippen LogP contribution is 2.19. The number of hydrogen-bond donors (Lipinski definition) is 2. The van der Waals surface area contributed by atoms with E-state index in [0.29, 0.717) is 6.61 Å². The lowest BCUT2D eigenvalue weighted by molar-refractivity contribution is 0.0661. The summed E-state index contributed by atoms with van der Waals surface area (Å²) >= 11 is 0. The first-order valence-corrected chi connectivity index (χ1v) is 7.08. The van der Waals surface area contributed by atoms with E-state index in [1.165, 1.54) is 14.0 Å². The first-order valence-electron chi connectivity index (χ1n) is 5.60. The molecule has 1 heterocycles. The molecule has 7 nitrogen and oxygen atoms in total. The minimum Gasteiger partial charge on any atom is -0.475 e. The van der Waals surface area contributed by atoms with Crippen LogP contribution in [0.25, 0.3) is 0 Å². The average Bonchev–Trinajstić information content (AvgIpc) is 2.70. The zero-order valence-electron chi connectivity index (χ0n) is 11.0. The molecule has 0 bridgehead atoms. The van der Waals surface area contributed by atoms with Crippen LogP contribution in [0.5, 0.6) is 0 Å². The third-order valence-electron chi connectivity index (χ3n) is 2.45. The van der Waals surface area contributed by atoms with Crippen molar-refractivity contribution in [1.29, 1.82) is 0 Å². The van der Waals surface area contributed by atoms with Gasteiger partial charge < -0.3 is 14.3 Å². The third-order valence-corrected chi connectivity index (χ3v) is 3.98. The molecule has 0 aliphatic carbocycles. The van der Waals surface area contributed by atoms with Gasteiger partial charge in [0, 0.05) is 26.3 Å². The van der Waals surface area contributed by atoms with Crippen molar-refractivity contribution in [2.75, 3.05) is 20.3 Å². The second-order valence-corrected chi connectivity index (χ2v) is 5.98. The highest BCUT2D eigenvalue weighted by molar-refractivity contribution is 7.89. The number of rotatable bonds is 7. The second kappa shape index (κ2) is 6.18. The molecule has 2 N–H and O–H groups in total. The van der Waals surface area contributed by atoms with Gasteiger partial charge in [0.1, 0.15) is 10.7 Å². The fourth-order valence-electron chi connectivity index (χ4n) is 1.51. The predicted molar refractivity (Wildman–Crippen MR) is 66.6 cm³/mol. The third kappa shape index (κ3) is 4.05. The summed E-state index contributed by atoms with van der Waals surface area (Å²) in [5.41, 5.74) is 0. The molecule has 19 heavy (non-hydrogen) atoms. The van der Waals surface area contributed by atoms with Crippen LogP contribution in [0.4, 0.5) is 0 Å². The maximum absolute atomic E-state index is 12.0. The van der Waals surface area contributed by atoms with Crippen LogP contribution in [0.15, 0.2) is 15.4 Å². The van der Waals surface area contributed by atoms with Gasteiger partial charge in [-0.2, -0.15) is 0 Å². The van der Waals surface area contributed by atoms with Crippen LogP contribution in [-0.4, -0.2) is 39.8 Å². The number of ether oxygens (including phenoxy) is 1. The Balaban J connectivity index is 2.86. The smallest absolute Gasteiger partial charge is 0.371 e. The normalized spacial score (nSPS) is 13.4. The van der Waals surface area contributed by atoms with E-state index in [1.807, 2.05) is 6.92 Å². The lowest BCUT2D eigenvalue weighted by Crippen LogP contribution is -2.30. The molecule has 1 aromatic rings. The number of hydrogen-bond acceptors (Lipinski definition) is 5. The number of carboxylic acid groups (broad SMARTS) is 1. The van der Waals surface area contributed by atoms with Crippen LogP contribution < -0.4 is 4.72 Å². The van der Waals surface area contributed by atoms with E-state index in [4.69, 9.17) is 14.3 Å². The van der Waals surface area contributed by atoms with Gasteiger partial charge in [-0.25, -0.2) is 17.9 Å². The maximum atomic E-state index is 12.0. The average molecular weight is 291 g/mol. The molecule has 0 fully saturated rings. The number of carbonyl (C=O) groups is 1. The molecule has 0 spiro atoms. The molecule has 0 aliphatic rings. The predicted octanol–water partition coefficient (Wildman–Crippen LogP) is 0.847.